The van der Waals surface area contributed by atoms with Crippen LogP contribution in [0.15, 0.2) is 83.3 Å². The molecule has 15 atom stereocenters. The number of hydrogen-bond donors (Lipinski definition) is 14. The highest BCUT2D eigenvalue weighted by molar-refractivity contribution is 5.90. The summed E-state index contributed by atoms with van der Waals surface area (Å²) < 4.78 is 68.8. The first kappa shape index (κ1) is 60.3. The SMILES string of the molecule is COc1cc(C=CC(=O)OC[C@H]2O[C@@H](Oc3cc4c(O[C@@H]5O[C@H](CO)[C@@H](O)[C@H](O)[C@H]5O)cc(O)cc4[o+]c3-c3ccc(O)c(O)c3)[C@H](O[C@@H]3O[C@H](CO)[C@@H](O)[C@H](O)[C@H]3OC(=O)C=Cc3cc(OC)c(O)c(OC)c3)[C@@H](O)[C@@H]2O)ccc1O. The molecule has 0 unspecified atom stereocenters. The van der Waals surface area contributed by atoms with E-state index < -0.39 is 147 Å². The van der Waals surface area contributed by atoms with E-state index in [0.717, 1.165) is 36.4 Å². The molecule has 28 heteroatoms. The number of benzene rings is 4. The minimum Gasteiger partial charge on any atom is -0.507 e. The summed E-state index contributed by atoms with van der Waals surface area (Å²) in [5, 5.41) is 150. The third-order valence-electron chi connectivity index (χ3n) is 13.3. The average molecular weight is 1160 g/mol. The minimum atomic E-state index is -2.21. The number of fused-ring (bicyclic) bond motifs is 1. The first-order valence-electron chi connectivity index (χ1n) is 24.8. The van der Waals surface area contributed by atoms with E-state index in [1.807, 2.05) is 0 Å². The third-order valence-corrected chi connectivity index (χ3v) is 13.3. The number of phenols is 5. The second kappa shape index (κ2) is 26.0. The second-order valence-electron chi connectivity index (χ2n) is 18.7. The Morgan fingerprint density at radius 1 is 0.537 bits per heavy atom. The van der Waals surface area contributed by atoms with Crippen molar-refractivity contribution in [2.45, 2.75) is 92.1 Å². The van der Waals surface area contributed by atoms with Gasteiger partial charge in [0.15, 0.2) is 53.0 Å². The number of methoxy groups -OCH3 is 3. The Kier molecular flexibility index (Phi) is 19.1. The molecule has 5 aromatic rings. The zero-order valence-electron chi connectivity index (χ0n) is 43.4. The topological polar surface area (TPSA) is 430 Å². The van der Waals surface area contributed by atoms with Crippen LogP contribution in [-0.2, 0) is 38.0 Å². The monoisotopic (exact) mass is 1160 g/mol. The maximum Gasteiger partial charge on any atom is 0.402 e. The quantitative estimate of drug-likeness (QED) is 0.0217. The normalized spacial score (nSPS) is 28.4. The largest absolute Gasteiger partial charge is 0.507 e. The van der Waals surface area contributed by atoms with Crippen molar-refractivity contribution < 1.29 is 138 Å². The van der Waals surface area contributed by atoms with Gasteiger partial charge in [-0.1, -0.05) is 6.07 Å². The van der Waals surface area contributed by atoms with Crippen molar-refractivity contribution >= 4 is 35.1 Å². The fourth-order valence-corrected chi connectivity index (χ4v) is 8.89. The van der Waals surface area contributed by atoms with Crippen molar-refractivity contribution in [2.24, 2.45) is 0 Å². The van der Waals surface area contributed by atoms with Gasteiger partial charge in [0.05, 0.1) is 46.2 Å². The van der Waals surface area contributed by atoms with E-state index in [0.29, 0.717) is 5.56 Å². The van der Waals surface area contributed by atoms with Crippen LogP contribution < -0.4 is 23.7 Å². The van der Waals surface area contributed by atoms with Crippen molar-refractivity contribution in [1.29, 1.82) is 0 Å². The molecule has 1 aromatic heterocycles. The first-order valence-corrected chi connectivity index (χ1v) is 24.8. The molecular formula is C54H59O28+. The molecule has 0 aliphatic carbocycles. The van der Waals surface area contributed by atoms with E-state index in [-0.39, 0.29) is 62.4 Å². The molecule has 3 aliphatic heterocycles. The van der Waals surface area contributed by atoms with Crippen molar-refractivity contribution in [2.75, 3.05) is 41.2 Å². The standard InChI is InChI=1S/C54H58O28/c1-71-32-12-22(4-8-28(32)59)5-10-39(61)74-21-38-44(66)47(69)51(82-54-50(46(68)43(65)37(20-56)79-54)81-40(62)11-6-23-13-33(72-2)41(63)34(14-23)73-3)53(80-38)77-35-18-26-30(75-49(35)24-7-9-27(58)29(60)15-24)16-25(57)17-31(26)76-52-48(70)45(67)42(64)36(19-55)78-52/h4-18,36-38,42-48,50-56,64-70H,19-21H2,1-3H3,(H4-,57,58,59,60,61,62,63)/p+1/t36-,37-,38-,42-,43-,44-,45+,46+,47+,48-,50-,51-,52-,53-,54+/m1/s1. The molecule has 0 radical (unpaired) electrons. The maximum atomic E-state index is 13.5. The number of rotatable bonds is 19. The van der Waals surface area contributed by atoms with Gasteiger partial charge in [-0.15, -0.1) is 0 Å². The van der Waals surface area contributed by atoms with Gasteiger partial charge in [0.1, 0.15) is 84.5 Å². The van der Waals surface area contributed by atoms with Gasteiger partial charge in [-0.3, -0.25) is 0 Å². The number of aliphatic hydroxyl groups is 9. The van der Waals surface area contributed by atoms with E-state index in [1.165, 1.54) is 75.9 Å². The smallest absolute Gasteiger partial charge is 0.402 e. The summed E-state index contributed by atoms with van der Waals surface area (Å²) >= 11 is 0. The highest BCUT2D eigenvalue weighted by Crippen LogP contribution is 2.44. The summed E-state index contributed by atoms with van der Waals surface area (Å²) in [5.41, 5.74) is 0.345. The summed E-state index contributed by atoms with van der Waals surface area (Å²) in [6.07, 6.45) is -24.6. The van der Waals surface area contributed by atoms with Gasteiger partial charge in [0.25, 0.3) is 0 Å². The van der Waals surface area contributed by atoms with Gasteiger partial charge in [0.2, 0.25) is 24.1 Å². The number of carbonyl (C=O) groups excluding carboxylic acids is 2. The molecular weight excluding hydrogens is 1100 g/mol. The molecule has 0 amide bonds. The summed E-state index contributed by atoms with van der Waals surface area (Å²) in [7, 11) is 3.86. The summed E-state index contributed by atoms with van der Waals surface area (Å²) in [4.78, 5) is 26.7. The van der Waals surface area contributed by atoms with Crippen LogP contribution in [0.4, 0.5) is 0 Å². The van der Waals surface area contributed by atoms with Crippen LogP contribution in [0.1, 0.15) is 11.1 Å². The molecule has 0 bridgehead atoms. The molecule has 4 heterocycles. The van der Waals surface area contributed by atoms with Gasteiger partial charge in [-0.05, 0) is 59.7 Å². The fourth-order valence-electron chi connectivity index (χ4n) is 8.89. The number of esters is 2. The first-order chi connectivity index (χ1) is 39.2. The Morgan fingerprint density at radius 2 is 1.11 bits per heavy atom. The Labute approximate surface area is 463 Å². The minimum absolute atomic E-state index is 0.0293. The van der Waals surface area contributed by atoms with Gasteiger partial charge in [0, 0.05) is 30.4 Å². The number of hydrogen-bond acceptors (Lipinski definition) is 27. The molecule has 14 N–H and O–H groups in total. The van der Waals surface area contributed by atoms with Crippen LogP contribution in [0.2, 0.25) is 0 Å². The van der Waals surface area contributed by atoms with Crippen LogP contribution in [0.3, 0.4) is 0 Å². The summed E-state index contributed by atoms with van der Waals surface area (Å²) in [6, 6.07) is 13.5. The molecule has 28 nitrogen and oxygen atoms in total. The predicted molar refractivity (Wildman–Crippen MR) is 274 cm³/mol. The number of aromatic hydroxyl groups is 5. The van der Waals surface area contributed by atoms with E-state index >= 15 is 0 Å². The molecule has 442 valence electrons. The van der Waals surface area contributed by atoms with Crippen LogP contribution >= 0.6 is 0 Å². The van der Waals surface area contributed by atoms with Crippen LogP contribution in [0.5, 0.6) is 57.5 Å². The predicted octanol–water partition coefficient (Wildman–Crippen LogP) is -0.355. The molecule has 82 heavy (non-hydrogen) atoms. The van der Waals surface area contributed by atoms with Gasteiger partial charge < -0.3 is 124 Å². The molecule has 4 aromatic carbocycles. The van der Waals surface area contributed by atoms with Crippen molar-refractivity contribution in [1.82, 2.24) is 0 Å². The number of carbonyl (C=O) groups is 2. The van der Waals surface area contributed by atoms with Crippen molar-refractivity contribution in [3.63, 3.8) is 0 Å². The number of aliphatic hydroxyl groups excluding tert-OH is 9. The van der Waals surface area contributed by atoms with Crippen LogP contribution in [0.25, 0.3) is 34.4 Å². The molecule has 3 fully saturated rings. The Morgan fingerprint density at radius 3 is 1.77 bits per heavy atom. The molecule has 3 saturated heterocycles. The lowest BCUT2D eigenvalue weighted by molar-refractivity contribution is -0.358. The molecule has 0 spiro atoms. The Bertz CT molecular complexity index is 3100. The maximum absolute atomic E-state index is 13.5. The van der Waals surface area contributed by atoms with Gasteiger partial charge in [-0.25, -0.2) is 14.0 Å². The third kappa shape index (κ3) is 13.1. The zero-order chi connectivity index (χ0) is 59.3. The number of phenolic OH excluding ortho intramolecular Hbond substituents is 5. The van der Waals surface area contributed by atoms with Crippen LogP contribution in [-0.4, -0.2) is 217 Å². The molecule has 3 aliphatic rings. The lowest BCUT2D eigenvalue weighted by atomic mass is 9.97. The number of ether oxygens (including phenoxy) is 11. The van der Waals surface area contributed by atoms with E-state index in [1.54, 1.807) is 0 Å². The highest BCUT2D eigenvalue weighted by Gasteiger charge is 2.54. The van der Waals surface area contributed by atoms with Gasteiger partial charge in [-0.2, -0.15) is 0 Å². The molecule has 0 saturated carbocycles. The van der Waals surface area contributed by atoms with E-state index in [2.05, 4.69) is 0 Å². The Balaban J connectivity index is 1.18. The summed E-state index contributed by atoms with van der Waals surface area (Å²) in [6.45, 7) is -2.63. The second-order valence-corrected chi connectivity index (χ2v) is 18.7. The average Bonchev–Trinajstić information content (AvgIpc) is 3.62. The lowest BCUT2D eigenvalue weighted by Crippen LogP contribution is -2.65. The summed E-state index contributed by atoms with van der Waals surface area (Å²) in [5.74, 6) is -5.66. The lowest BCUT2D eigenvalue weighted by Gasteiger charge is -2.46. The fraction of sp³-hybridized carbons (Fsp3) is 0.389. The zero-order valence-corrected chi connectivity index (χ0v) is 43.4. The van der Waals surface area contributed by atoms with Crippen molar-refractivity contribution in [3.8, 4) is 68.8 Å². The van der Waals surface area contributed by atoms with Gasteiger partial charge >= 0.3 is 23.3 Å². The highest BCUT2D eigenvalue weighted by atomic mass is 16.8. The molecule has 8 rings (SSSR count). The van der Waals surface area contributed by atoms with E-state index in [9.17, 15) is 81.1 Å². The van der Waals surface area contributed by atoms with Crippen molar-refractivity contribution in [3.05, 3.63) is 90.0 Å². The Hall–Kier alpha value is -7.81. The van der Waals surface area contributed by atoms with Crippen LogP contribution in [0, 0.1) is 0 Å². The van der Waals surface area contributed by atoms with E-state index in [4.69, 9.17) is 56.5 Å².